The number of hydrogen-bond donors (Lipinski definition) is 1. The molecule has 1 saturated heterocycles. The minimum Gasteiger partial charge on any atom is -0.369 e. The lowest BCUT2D eigenvalue weighted by molar-refractivity contribution is 0.0933. The smallest absolute Gasteiger partial charge is 0.251 e. The highest BCUT2D eigenvalue weighted by atomic mass is 16.1. The predicted octanol–water partition coefficient (Wildman–Crippen LogP) is 3.29. The number of hydrogen-bond acceptors (Lipinski definition) is 3. The topological polar surface area (TPSA) is 35.6 Å². The van der Waals surface area contributed by atoms with Crippen LogP contribution >= 0.6 is 0 Å². The summed E-state index contributed by atoms with van der Waals surface area (Å²) in [7, 11) is 2.19. The highest BCUT2D eigenvalue weighted by Gasteiger charge is 2.25. The molecular weight excluding hydrogens is 346 g/mol. The molecule has 0 radical (unpaired) electrons. The first-order valence-corrected chi connectivity index (χ1v) is 10.6. The zero-order valence-corrected chi connectivity index (χ0v) is 17.1. The first-order chi connectivity index (χ1) is 13.6. The molecule has 1 unspecified atom stereocenters. The second-order valence-electron chi connectivity index (χ2n) is 8.17. The maximum Gasteiger partial charge on any atom is 0.251 e. The van der Waals surface area contributed by atoms with Crippen LogP contribution in [-0.4, -0.2) is 50.1 Å². The van der Waals surface area contributed by atoms with Crippen LogP contribution in [0.1, 0.15) is 40.4 Å². The average molecular weight is 378 g/mol. The second kappa shape index (κ2) is 8.36. The van der Waals surface area contributed by atoms with Crippen LogP contribution in [-0.2, 0) is 19.3 Å². The number of carbonyl (C=O) groups excluding carboxylic acids is 1. The number of nitrogens with zero attached hydrogens (tertiary/aromatic N) is 2. The number of rotatable bonds is 4. The number of carbonyl (C=O) groups is 1. The molecule has 1 aliphatic carbocycles. The fraction of sp³-hybridized carbons (Fsp3) is 0.458. The van der Waals surface area contributed by atoms with Crippen LogP contribution in [0.5, 0.6) is 0 Å². The van der Waals surface area contributed by atoms with Crippen molar-refractivity contribution in [1.82, 2.24) is 10.2 Å². The minimum atomic E-state index is 0.0492. The molecule has 1 heterocycles. The Hall–Kier alpha value is -2.33. The first-order valence-electron chi connectivity index (χ1n) is 10.6. The molecule has 1 atom stereocenters. The maximum absolute atomic E-state index is 12.7. The van der Waals surface area contributed by atoms with Gasteiger partial charge in [0, 0.05) is 43.5 Å². The number of amides is 1. The molecule has 4 heteroatoms. The van der Waals surface area contributed by atoms with E-state index >= 15 is 0 Å². The lowest BCUT2D eigenvalue weighted by Gasteiger charge is -2.37. The van der Waals surface area contributed by atoms with Gasteiger partial charge in [-0.05, 0) is 67.6 Å². The number of fused-ring (bicyclic) bond motifs is 1. The first kappa shape index (κ1) is 19.0. The molecule has 0 bridgehead atoms. The predicted molar refractivity (Wildman–Crippen MR) is 115 cm³/mol. The lowest BCUT2D eigenvalue weighted by atomic mass is 9.86. The molecule has 28 heavy (non-hydrogen) atoms. The summed E-state index contributed by atoms with van der Waals surface area (Å²) in [5.41, 5.74) is 6.28. The molecule has 1 N–H and O–H groups in total. The number of anilines is 1. The van der Waals surface area contributed by atoms with Crippen molar-refractivity contribution in [1.29, 1.82) is 0 Å². The Balaban J connectivity index is 1.47. The molecule has 4 rings (SSSR count). The standard InChI is InChI=1S/C24H31N3O/c1-3-18-7-9-20(10-8-18)24(28)25-21-12-11-19-5-4-6-23(22(19)17-21)27-15-13-26(2)14-16-27/h4-10,21H,3,11-17H2,1-2H3,(H,25,28). The molecule has 2 aromatic carbocycles. The number of benzene rings is 2. The zero-order chi connectivity index (χ0) is 19.5. The molecule has 1 amide bonds. The summed E-state index contributed by atoms with van der Waals surface area (Å²) >= 11 is 0. The maximum atomic E-state index is 12.7. The number of piperazine rings is 1. The molecule has 4 nitrogen and oxygen atoms in total. The van der Waals surface area contributed by atoms with Crippen LogP contribution < -0.4 is 10.2 Å². The number of aryl methyl sites for hydroxylation is 2. The molecule has 0 spiro atoms. The van der Waals surface area contributed by atoms with Crippen molar-refractivity contribution < 1.29 is 4.79 Å². The van der Waals surface area contributed by atoms with E-state index in [0.717, 1.165) is 57.4 Å². The van der Waals surface area contributed by atoms with Gasteiger partial charge in [-0.2, -0.15) is 0 Å². The Morgan fingerprint density at radius 1 is 1.07 bits per heavy atom. The number of nitrogens with one attached hydrogen (secondary N) is 1. The average Bonchev–Trinajstić information content (AvgIpc) is 2.74. The van der Waals surface area contributed by atoms with Crippen molar-refractivity contribution in [3.05, 3.63) is 64.7 Å². The van der Waals surface area contributed by atoms with Crippen LogP contribution in [0.4, 0.5) is 5.69 Å². The Morgan fingerprint density at radius 3 is 2.54 bits per heavy atom. The summed E-state index contributed by atoms with van der Waals surface area (Å²) in [5.74, 6) is 0.0492. The van der Waals surface area contributed by atoms with E-state index in [1.807, 2.05) is 12.1 Å². The van der Waals surface area contributed by atoms with E-state index in [0.29, 0.717) is 0 Å². The van der Waals surface area contributed by atoms with Gasteiger partial charge in [0.1, 0.15) is 0 Å². The van der Waals surface area contributed by atoms with Gasteiger partial charge in [-0.15, -0.1) is 0 Å². The van der Waals surface area contributed by atoms with E-state index in [-0.39, 0.29) is 11.9 Å². The third-order valence-corrected chi connectivity index (χ3v) is 6.26. The molecule has 2 aliphatic rings. The van der Waals surface area contributed by atoms with E-state index in [1.54, 1.807) is 0 Å². The Labute approximate surface area is 168 Å². The fourth-order valence-electron chi connectivity index (χ4n) is 4.40. The molecular formula is C24H31N3O. The van der Waals surface area contributed by atoms with Crippen molar-refractivity contribution in [2.45, 2.75) is 38.6 Å². The van der Waals surface area contributed by atoms with Gasteiger partial charge >= 0.3 is 0 Å². The summed E-state index contributed by atoms with van der Waals surface area (Å²) < 4.78 is 0. The molecule has 1 aliphatic heterocycles. The van der Waals surface area contributed by atoms with Gasteiger partial charge < -0.3 is 15.1 Å². The lowest BCUT2D eigenvalue weighted by Crippen LogP contribution is -2.45. The van der Waals surface area contributed by atoms with Crippen molar-refractivity contribution in [3.63, 3.8) is 0 Å². The van der Waals surface area contributed by atoms with Crippen LogP contribution in [0, 0.1) is 0 Å². The summed E-state index contributed by atoms with van der Waals surface area (Å²) in [6.07, 6.45) is 3.97. The second-order valence-corrected chi connectivity index (χ2v) is 8.17. The molecule has 148 valence electrons. The normalized spacial score (nSPS) is 19.9. The minimum absolute atomic E-state index is 0.0492. The zero-order valence-electron chi connectivity index (χ0n) is 17.1. The van der Waals surface area contributed by atoms with E-state index in [9.17, 15) is 4.79 Å². The van der Waals surface area contributed by atoms with Gasteiger partial charge in [0.2, 0.25) is 0 Å². The van der Waals surface area contributed by atoms with Crippen molar-refractivity contribution in [2.24, 2.45) is 0 Å². The molecule has 1 fully saturated rings. The van der Waals surface area contributed by atoms with Gasteiger partial charge in [0.15, 0.2) is 0 Å². The monoisotopic (exact) mass is 377 g/mol. The van der Waals surface area contributed by atoms with Crippen molar-refractivity contribution in [2.75, 3.05) is 38.1 Å². The summed E-state index contributed by atoms with van der Waals surface area (Å²) in [6.45, 7) is 6.50. The van der Waals surface area contributed by atoms with Gasteiger partial charge in [-0.1, -0.05) is 31.2 Å². The van der Waals surface area contributed by atoms with Crippen LogP contribution in [0.2, 0.25) is 0 Å². The van der Waals surface area contributed by atoms with E-state index < -0.39 is 0 Å². The summed E-state index contributed by atoms with van der Waals surface area (Å²) in [5, 5.41) is 3.29. The van der Waals surface area contributed by atoms with Gasteiger partial charge in [0.25, 0.3) is 5.91 Å². The molecule has 0 aromatic heterocycles. The van der Waals surface area contributed by atoms with Crippen LogP contribution in [0.25, 0.3) is 0 Å². The summed E-state index contributed by atoms with van der Waals surface area (Å²) in [6, 6.07) is 14.9. The van der Waals surface area contributed by atoms with E-state index in [1.165, 1.54) is 22.4 Å². The van der Waals surface area contributed by atoms with Crippen LogP contribution in [0.3, 0.4) is 0 Å². The third kappa shape index (κ3) is 4.07. The Morgan fingerprint density at radius 2 is 1.82 bits per heavy atom. The summed E-state index contributed by atoms with van der Waals surface area (Å²) in [4.78, 5) is 17.6. The van der Waals surface area contributed by atoms with E-state index in [4.69, 9.17) is 0 Å². The Bertz CT molecular complexity index is 822. The highest BCUT2D eigenvalue weighted by molar-refractivity contribution is 5.94. The largest absolute Gasteiger partial charge is 0.369 e. The van der Waals surface area contributed by atoms with Crippen molar-refractivity contribution >= 4 is 11.6 Å². The SMILES string of the molecule is CCc1ccc(C(=O)NC2CCc3cccc(N4CCN(C)CC4)c3C2)cc1. The number of likely N-dealkylation sites (N-methyl/N-ethyl adjacent to an activating group) is 1. The van der Waals surface area contributed by atoms with Gasteiger partial charge in [0.05, 0.1) is 0 Å². The Kier molecular flexibility index (Phi) is 5.67. The van der Waals surface area contributed by atoms with Crippen LogP contribution in [0.15, 0.2) is 42.5 Å². The van der Waals surface area contributed by atoms with E-state index in [2.05, 4.69) is 59.4 Å². The molecule has 0 saturated carbocycles. The van der Waals surface area contributed by atoms with Crippen molar-refractivity contribution in [3.8, 4) is 0 Å². The van der Waals surface area contributed by atoms with Gasteiger partial charge in [-0.25, -0.2) is 0 Å². The quantitative estimate of drug-likeness (QED) is 0.888. The highest BCUT2D eigenvalue weighted by Crippen LogP contribution is 2.31. The van der Waals surface area contributed by atoms with Gasteiger partial charge in [-0.3, -0.25) is 4.79 Å². The fourth-order valence-corrected chi connectivity index (χ4v) is 4.40. The third-order valence-electron chi connectivity index (χ3n) is 6.26. The molecule has 2 aromatic rings.